The fourth-order valence-electron chi connectivity index (χ4n) is 2.25. The highest BCUT2D eigenvalue weighted by Gasteiger charge is 2.26. The zero-order chi connectivity index (χ0) is 13.9. The molecule has 0 radical (unpaired) electrons. The van der Waals surface area contributed by atoms with Crippen LogP contribution in [0.15, 0.2) is 47.2 Å². The van der Waals surface area contributed by atoms with Crippen molar-refractivity contribution in [2.24, 2.45) is 5.92 Å². The van der Waals surface area contributed by atoms with Gasteiger partial charge in [0, 0.05) is 0 Å². The van der Waals surface area contributed by atoms with Crippen molar-refractivity contribution in [2.75, 3.05) is 19.8 Å². The molecule has 1 aliphatic heterocycles. The zero-order valence-electron chi connectivity index (χ0n) is 12.5. The quantitative estimate of drug-likeness (QED) is 0.740. The Morgan fingerprint density at radius 2 is 1.79 bits per heavy atom. The van der Waals surface area contributed by atoms with Gasteiger partial charge in [0.1, 0.15) is 0 Å². The van der Waals surface area contributed by atoms with E-state index in [1.165, 1.54) is 23.3 Å². The third-order valence-electron chi connectivity index (χ3n) is 3.62. The summed E-state index contributed by atoms with van der Waals surface area (Å²) in [7, 11) is 3.55. The van der Waals surface area contributed by atoms with Crippen molar-refractivity contribution in [1.29, 1.82) is 0 Å². The second-order valence-electron chi connectivity index (χ2n) is 5.75. The minimum Gasteiger partial charge on any atom is -0.267 e. The monoisotopic (exact) mass is 275 g/mol. The Kier molecular flexibility index (Phi) is 4.54. The molecule has 2 rings (SSSR count). The minimum absolute atomic E-state index is 0.770. The average molecular weight is 275 g/mol. The molecule has 1 aliphatic rings. The predicted molar refractivity (Wildman–Crippen MR) is 89.2 cm³/mol. The first-order valence-electron chi connectivity index (χ1n) is 6.97. The third kappa shape index (κ3) is 3.31. The molecule has 1 heterocycles. The third-order valence-corrected chi connectivity index (χ3v) is 7.14. The summed E-state index contributed by atoms with van der Waals surface area (Å²) in [6.07, 6.45) is 3.60. The van der Waals surface area contributed by atoms with Gasteiger partial charge >= 0.3 is 0 Å². The first-order chi connectivity index (χ1) is 9.03. The number of hydrogen-bond acceptors (Lipinski definition) is 1. The van der Waals surface area contributed by atoms with Crippen LogP contribution >= 0.6 is 10.2 Å². The maximum absolute atomic E-state index is 2.50. The van der Waals surface area contributed by atoms with Gasteiger partial charge in [0.15, 0.2) is 0 Å². The molecule has 0 bridgehead atoms. The van der Waals surface area contributed by atoms with Gasteiger partial charge in [0.25, 0.3) is 0 Å². The number of benzene rings is 1. The molecule has 0 saturated carbocycles. The summed E-state index contributed by atoms with van der Waals surface area (Å²) in [6.45, 7) is 4.62. The van der Waals surface area contributed by atoms with Gasteiger partial charge in [-0.1, -0.05) is 44.2 Å². The molecular weight excluding hydrogens is 250 g/mol. The lowest BCUT2D eigenvalue weighted by Crippen LogP contribution is -2.18. The predicted octanol–water partition coefficient (Wildman–Crippen LogP) is 4.88. The Bertz CT molecular complexity index is 473. The number of nitrogens with zero attached hydrogens (tertiary/aromatic N) is 1. The van der Waals surface area contributed by atoms with Crippen molar-refractivity contribution in [3.63, 3.8) is 0 Å². The van der Waals surface area contributed by atoms with Gasteiger partial charge in [-0.2, -0.15) is 0 Å². The molecular formula is C17H25NS. The van der Waals surface area contributed by atoms with Gasteiger partial charge in [-0.3, -0.25) is 4.31 Å². The molecule has 2 heteroatoms. The molecule has 19 heavy (non-hydrogen) atoms. The van der Waals surface area contributed by atoms with E-state index in [1.807, 2.05) is 0 Å². The Hall–Kier alpha value is -0.990. The Labute approximate surface area is 119 Å². The van der Waals surface area contributed by atoms with Crippen LogP contribution in [0.4, 0.5) is 0 Å². The largest absolute Gasteiger partial charge is 0.267 e. The van der Waals surface area contributed by atoms with Gasteiger partial charge in [-0.05, 0) is 60.2 Å². The molecule has 0 spiro atoms. The van der Waals surface area contributed by atoms with E-state index in [1.54, 1.807) is 0 Å². The highest BCUT2D eigenvalue weighted by Crippen LogP contribution is 2.59. The number of hydrogen-bond donors (Lipinski definition) is 0. The van der Waals surface area contributed by atoms with Gasteiger partial charge in [0.05, 0.1) is 0 Å². The summed E-state index contributed by atoms with van der Waals surface area (Å²) in [6, 6.07) is 10.7. The van der Waals surface area contributed by atoms with Crippen molar-refractivity contribution in [3.05, 3.63) is 52.8 Å². The van der Waals surface area contributed by atoms with Crippen LogP contribution in [0.3, 0.4) is 0 Å². The zero-order valence-corrected chi connectivity index (χ0v) is 13.3. The van der Waals surface area contributed by atoms with Crippen LogP contribution in [0, 0.1) is 5.92 Å². The SMILES string of the molecule is CC(C)CCS1(N(C)C)C=CC(c2ccccc2)=C1. The molecule has 1 unspecified atom stereocenters. The van der Waals surface area contributed by atoms with Crippen molar-refractivity contribution in [3.8, 4) is 0 Å². The number of allylic oxidation sites excluding steroid dienone is 2. The molecule has 0 aliphatic carbocycles. The maximum Gasteiger partial charge on any atom is -0.00337 e. The van der Waals surface area contributed by atoms with Crippen LogP contribution in [0.1, 0.15) is 25.8 Å². The van der Waals surface area contributed by atoms with Crippen molar-refractivity contribution < 1.29 is 0 Å². The highest BCUT2D eigenvalue weighted by atomic mass is 32.3. The Morgan fingerprint density at radius 3 is 2.37 bits per heavy atom. The first kappa shape index (κ1) is 14.4. The van der Waals surface area contributed by atoms with Crippen LogP contribution in [-0.4, -0.2) is 24.2 Å². The van der Waals surface area contributed by atoms with Gasteiger partial charge in [-0.25, -0.2) is 0 Å². The molecule has 1 aromatic carbocycles. The van der Waals surface area contributed by atoms with Crippen molar-refractivity contribution in [2.45, 2.75) is 20.3 Å². The van der Waals surface area contributed by atoms with Gasteiger partial charge in [0.2, 0.25) is 0 Å². The Morgan fingerprint density at radius 1 is 1.11 bits per heavy atom. The van der Waals surface area contributed by atoms with E-state index >= 15 is 0 Å². The second kappa shape index (κ2) is 5.98. The Balaban J connectivity index is 2.24. The van der Waals surface area contributed by atoms with E-state index in [4.69, 9.17) is 0 Å². The van der Waals surface area contributed by atoms with Crippen LogP contribution in [0.5, 0.6) is 0 Å². The summed E-state index contributed by atoms with van der Waals surface area (Å²) >= 11 is 0. The maximum atomic E-state index is 2.50. The van der Waals surface area contributed by atoms with E-state index in [9.17, 15) is 0 Å². The summed E-state index contributed by atoms with van der Waals surface area (Å²) in [5, 5.41) is 4.95. The minimum atomic E-state index is -0.879. The molecule has 0 saturated heterocycles. The van der Waals surface area contributed by atoms with Crippen molar-refractivity contribution >= 4 is 15.8 Å². The van der Waals surface area contributed by atoms with Crippen LogP contribution < -0.4 is 0 Å². The molecule has 104 valence electrons. The van der Waals surface area contributed by atoms with Gasteiger partial charge < -0.3 is 0 Å². The van der Waals surface area contributed by atoms with E-state index in [0.29, 0.717) is 0 Å². The average Bonchev–Trinajstić information content (AvgIpc) is 2.83. The lowest BCUT2D eigenvalue weighted by atomic mass is 10.1. The molecule has 0 aromatic heterocycles. The van der Waals surface area contributed by atoms with Crippen LogP contribution in [0.25, 0.3) is 5.57 Å². The van der Waals surface area contributed by atoms with E-state index in [0.717, 1.165) is 5.92 Å². The van der Waals surface area contributed by atoms with Gasteiger partial charge in [-0.15, -0.1) is 10.2 Å². The smallest absolute Gasteiger partial charge is 0.00337 e. The molecule has 1 nitrogen and oxygen atoms in total. The molecule has 1 aromatic rings. The van der Waals surface area contributed by atoms with E-state index in [2.05, 4.69) is 79.5 Å². The van der Waals surface area contributed by atoms with E-state index in [-0.39, 0.29) is 0 Å². The van der Waals surface area contributed by atoms with Crippen LogP contribution in [0.2, 0.25) is 0 Å². The highest BCUT2D eigenvalue weighted by molar-refractivity contribution is 8.36. The summed E-state index contributed by atoms with van der Waals surface area (Å²) < 4.78 is 2.42. The summed E-state index contributed by atoms with van der Waals surface area (Å²) in [4.78, 5) is 0. The number of rotatable bonds is 5. The topological polar surface area (TPSA) is 3.24 Å². The van der Waals surface area contributed by atoms with E-state index < -0.39 is 10.2 Å². The van der Waals surface area contributed by atoms with Crippen molar-refractivity contribution in [1.82, 2.24) is 4.31 Å². The van der Waals surface area contributed by atoms with Crippen LogP contribution in [-0.2, 0) is 0 Å². The molecule has 0 N–H and O–H groups in total. The summed E-state index contributed by atoms with van der Waals surface area (Å²) in [5.74, 6) is 2.04. The first-order valence-corrected chi connectivity index (χ1v) is 8.86. The fraction of sp³-hybridized carbons (Fsp3) is 0.412. The molecule has 1 atom stereocenters. The summed E-state index contributed by atoms with van der Waals surface area (Å²) in [5.41, 5.74) is 2.72. The molecule has 0 amide bonds. The molecule has 0 fully saturated rings. The second-order valence-corrected chi connectivity index (χ2v) is 9.02. The standard InChI is InChI=1S/C17H25NS/c1-15(2)10-12-19(18(3)4)13-11-17(14-19)16-8-6-5-7-9-16/h5-9,11,13-15H,10,12H2,1-4H3. The lowest BCUT2D eigenvalue weighted by molar-refractivity contribution is 0.618. The normalized spacial score (nSPS) is 25.7. The fourth-order valence-corrected chi connectivity index (χ4v) is 5.28. The lowest BCUT2D eigenvalue weighted by Gasteiger charge is -2.39.